The maximum absolute atomic E-state index is 12.2. The Balaban J connectivity index is 2.06. The molecule has 1 atom stereocenters. The normalized spacial score (nSPS) is 11.7. The quantitative estimate of drug-likeness (QED) is 0.624. The number of ketones is 1. The van der Waals surface area contributed by atoms with Crippen LogP contribution in [0.5, 0.6) is 0 Å². The second-order valence-corrected chi connectivity index (χ2v) is 5.12. The molecule has 0 radical (unpaired) electrons. The number of carbonyl (C=O) groups is 2. The van der Waals surface area contributed by atoms with Gasteiger partial charge in [-0.25, -0.2) is 0 Å². The first-order chi connectivity index (χ1) is 10.1. The molecule has 2 aromatic carbocycles. The fourth-order valence-electron chi connectivity index (χ4n) is 2.00. The molecule has 0 aromatic heterocycles. The van der Waals surface area contributed by atoms with E-state index in [0.717, 1.165) is 5.56 Å². The van der Waals surface area contributed by atoms with Crippen molar-refractivity contribution in [2.24, 2.45) is 0 Å². The summed E-state index contributed by atoms with van der Waals surface area (Å²) in [6.07, 6.45) is 0. The molecule has 0 N–H and O–H groups in total. The molecular formula is C17H15ClO3. The summed E-state index contributed by atoms with van der Waals surface area (Å²) in [5, 5.41) is 0.621. The molecule has 1 unspecified atom stereocenters. The highest BCUT2D eigenvalue weighted by atomic mass is 35.5. The second-order valence-electron chi connectivity index (χ2n) is 4.69. The Kier molecular flexibility index (Phi) is 5.12. The molecule has 0 saturated carbocycles. The number of esters is 1. The van der Waals surface area contributed by atoms with Crippen molar-refractivity contribution in [3.05, 3.63) is 70.7 Å². The molecular weight excluding hydrogens is 288 g/mol. The number of Topliss-reactive ketones (excluding diaryl/α,β-unsaturated/α-hetero) is 1. The number of benzene rings is 2. The summed E-state index contributed by atoms with van der Waals surface area (Å²) in [7, 11) is 0. The molecule has 21 heavy (non-hydrogen) atoms. The van der Waals surface area contributed by atoms with E-state index < -0.39 is 11.9 Å². The highest BCUT2D eigenvalue weighted by molar-refractivity contribution is 6.30. The SMILES string of the molecule is CC(=O)C(C(=O)OCc1ccc(Cl)cc1)c1ccccc1. The lowest BCUT2D eigenvalue weighted by Gasteiger charge is -2.13. The lowest BCUT2D eigenvalue weighted by atomic mass is 9.96. The lowest BCUT2D eigenvalue weighted by molar-refractivity contribution is -0.149. The van der Waals surface area contributed by atoms with E-state index in [2.05, 4.69) is 0 Å². The van der Waals surface area contributed by atoms with Gasteiger partial charge in [0.15, 0.2) is 0 Å². The van der Waals surface area contributed by atoms with Gasteiger partial charge < -0.3 is 4.74 Å². The number of rotatable bonds is 5. The van der Waals surface area contributed by atoms with E-state index in [0.29, 0.717) is 10.6 Å². The van der Waals surface area contributed by atoms with Crippen molar-refractivity contribution in [2.75, 3.05) is 0 Å². The lowest BCUT2D eigenvalue weighted by Crippen LogP contribution is -2.22. The number of halogens is 1. The van der Waals surface area contributed by atoms with Gasteiger partial charge in [-0.1, -0.05) is 54.1 Å². The molecule has 3 nitrogen and oxygen atoms in total. The van der Waals surface area contributed by atoms with Crippen molar-refractivity contribution in [3.63, 3.8) is 0 Å². The van der Waals surface area contributed by atoms with Crippen LogP contribution in [-0.2, 0) is 20.9 Å². The second kappa shape index (κ2) is 7.04. The maximum atomic E-state index is 12.2. The van der Waals surface area contributed by atoms with Gasteiger partial charge in [-0.15, -0.1) is 0 Å². The molecule has 0 heterocycles. The topological polar surface area (TPSA) is 43.4 Å². The van der Waals surface area contributed by atoms with Gasteiger partial charge in [0.2, 0.25) is 0 Å². The Bertz CT molecular complexity index is 620. The third-order valence-electron chi connectivity index (χ3n) is 3.07. The van der Waals surface area contributed by atoms with Crippen LogP contribution in [0.25, 0.3) is 0 Å². The van der Waals surface area contributed by atoms with Crippen LogP contribution in [0.4, 0.5) is 0 Å². The fourth-order valence-corrected chi connectivity index (χ4v) is 2.13. The molecule has 0 amide bonds. The summed E-state index contributed by atoms with van der Waals surface area (Å²) in [5.74, 6) is -1.65. The molecule has 0 fully saturated rings. The van der Waals surface area contributed by atoms with E-state index in [1.807, 2.05) is 6.07 Å². The molecule has 2 rings (SSSR count). The van der Waals surface area contributed by atoms with E-state index in [1.54, 1.807) is 48.5 Å². The van der Waals surface area contributed by atoms with Gasteiger partial charge in [0.25, 0.3) is 0 Å². The minimum atomic E-state index is -0.876. The Labute approximate surface area is 128 Å². The molecule has 0 aliphatic heterocycles. The van der Waals surface area contributed by atoms with Crippen molar-refractivity contribution in [1.82, 2.24) is 0 Å². The molecule has 0 bridgehead atoms. The number of hydrogen-bond acceptors (Lipinski definition) is 3. The van der Waals surface area contributed by atoms with Crippen LogP contribution in [0.1, 0.15) is 24.0 Å². The van der Waals surface area contributed by atoms with Crippen LogP contribution >= 0.6 is 11.6 Å². The van der Waals surface area contributed by atoms with E-state index in [9.17, 15) is 9.59 Å². The Morgan fingerprint density at radius 3 is 2.24 bits per heavy atom. The first kappa shape index (κ1) is 15.3. The monoisotopic (exact) mass is 302 g/mol. The molecule has 0 aliphatic carbocycles. The number of ether oxygens (including phenoxy) is 1. The Morgan fingerprint density at radius 2 is 1.67 bits per heavy atom. The van der Waals surface area contributed by atoms with Crippen LogP contribution in [0.15, 0.2) is 54.6 Å². The van der Waals surface area contributed by atoms with Gasteiger partial charge in [0.1, 0.15) is 18.3 Å². The maximum Gasteiger partial charge on any atom is 0.321 e. The molecule has 0 aliphatic rings. The van der Waals surface area contributed by atoms with Gasteiger partial charge in [-0.05, 0) is 30.2 Å². The first-order valence-corrected chi connectivity index (χ1v) is 6.92. The number of hydrogen-bond donors (Lipinski definition) is 0. The fraction of sp³-hybridized carbons (Fsp3) is 0.176. The van der Waals surface area contributed by atoms with Crippen molar-refractivity contribution < 1.29 is 14.3 Å². The first-order valence-electron chi connectivity index (χ1n) is 6.54. The summed E-state index contributed by atoms with van der Waals surface area (Å²) in [5.41, 5.74) is 1.47. The van der Waals surface area contributed by atoms with Crippen molar-refractivity contribution >= 4 is 23.4 Å². The van der Waals surface area contributed by atoms with Crippen molar-refractivity contribution in [3.8, 4) is 0 Å². The predicted octanol–water partition coefficient (Wildman–Crippen LogP) is 3.76. The molecule has 4 heteroatoms. The van der Waals surface area contributed by atoms with Crippen molar-refractivity contribution in [2.45, 2.75) is 19.4 Å². The van der Waals surface area contributed by atoms with Gasteiger partial charge in [-0.2, -0.15) is 0 Å². The van der Waals surface area contributed by atoms with Crippen LogP contribution < -0.4 is 0 Å². The zero-order chi connectivity index (χ0) is 15.2. The van der Waals surface area contributed by atoms with Crippen LogP contribution in [0.3, 0.4) is 0 Å². The minimum absolute atomic E-state index is 0.118. The Morgan fingerprint density at radius 1 is 1.05 bits per heavy atom. The molecule has 2 aromatic rings. The zero-order valence-electron chi connectivity index (χ0n) is 11.6. The Hall–Kier alpha value is -2.13. The van der Waals surface area contributed by atoms with Gasteiger partial charge in [0.05, 0.1) is 0 Å². The van der Waals surface area contributed by atoms with Gasteiger partial charge >= 0.3 is 5.97 Å². The average molecular weight is 303 g/mol. The van der Waals surface area contributed by atoms with E-state index in [1.165, 1.54) is 6.92 Å². The molecule has 0 spiro atoms. The van der Waals surface area contributed by atoms with Gasteiger partial charge in [0, 0.05) is 5.02 Å². The summed E-state index contributed by atoms with van der Waals surface area (Å²) in [4.78, 5) is 23.9. The summed E-state index contributed by atoms with van der Waals surface area (Å²) in [6, 6.07) is 15.9. The van der Waals surface area contributed by atoms with Gasteiger partial charge in [-0.3, -0.25) is 9.59 Å². The molecule has 108 valence electrons. The average Bonchev–Trinajstić information content (AvgIpc) is 2.47. The summed E-state index contributed by atoms with van der Waals surface area (Å²) in [6.45, 7) is 1.51. The van der Waals surface area contributed by atoms with Crippen LogP contribution in [-0.4, -0.2) is 11.8 Å². The highest BCUT2D eigenvalue weighted by Crippen LogP contribution is 2.19. The zero-order valence-corrected chi connectivity index (χ0v) is 12.3. The third kappa shape index (κ3) is 4.17. The smallest absolute Gasteiger partial charge is 0.321 e. The number of carbonyl (C=O) groups excluding carboxylic acids is 2. The van der Waals surface area contributed by atoms with Crippen LogP contribution in [0.2, 0.25) is 5.02 Å². The highest BCUT2D eigenvalue weighted by Gasteiger charge is 2.26. The minimum Gasteiger partial charge on any atom is -0.460 e. The van der Waals surface area contributed by atoms with E-state index in [4.69, 9.17) is 16.3 Å². The van der Waals surface area contributed by atoms with Crippen molar-refractivity contribution in [1.29, 1.82) is 0 Å². The predicted molar refractivity (Wildman–Crippen MR) is 81.1 cm³/mol. The standard InChI is InChI=1S/C17H15ClO3/c1-12(19)16(14-5-3-2-4-6-14)17(20)21-11-13-7-9-15(18)10-8-13/h2-10,16H,11H2,1H3. The third-order valence-corrected chi connectivity index (χ3v) is 3.32. The largest absolute Gasteiger partial charge is 0.460 e. The summed E-state index contributed by atoms with van der Waals surface area (Å²) >= 11 is 5.79. The molecule has 0 saturated heterocycles. The van der Waals surface area contributed by atoms with Crippen LogP contribution in [0, 0.1) is 0 Å². The summed E-state index contributed by atoms with van der Waals surface area (Å²) < 4.78 is 5.24. The van der Waals surface area contributed by atoms with E-state index >= 15 is 0 Å². The van der Waals surface area contributed by atoms with E-state index in [-0.39, 0.29) is 12.4 Å².